The molecule has 9 heteroatoms. The topological polar surface area (TPSA) is 86.4 Å². The third kappa shape index (κ3) is 4.02. The van der Waals surface area contributed by atoms with Gasteiger partial charge in [0, 0.05) is 30.4 Å². The van der Waals surface area contributed by atoms with Crippen LogP contribution in [0.1, 0.15) is 39.9 Å². The van der Waals surface area contributed by atoms with E-state index in [1.165, 1.54) is 0 Å². The molecular weight excluding hydrogens is 506 g/mol. The number of aryl methyl sites for hydroxylation is 2. The van der Waals surface area contributed by atoms with Crippen LogP contribution >= 0.6 is 15.9 Å². The number of carbonyl (C=O) groups is 1. The van der Waals surface area contributed by atoms with Crippen LogP contribution < -0.4 is 0 Å². The molecule has 33 heavy (non-hydrogen) atoms. The van der Waals surface area contributed by atoms with E-state index >= 15 is 0 Å². The fraction of sp³-hybridized carbons (Fsp3) is 0.208. The fourth-order valence-corrected chi connectivity index (χ4v) is 5.01. The molecule has 4 rings (SSSR count). The number of fused-ring (bicyclic) bond motifs is 1. The van der Waals surface area contributed by atoms with Crippen LogP contribution in [-0.4, -0.2) is 40.9 Å². The van der Waals surface area contributed by atoms with Crippen molar-refractivity contribution in [3.8, 4) is 5.75 Å². The molecule has 2 aromatic carbocycles. The number of aromatic nitrogens is 3. The van der Waals surface area contributed by atoms with E-state index in [0.29, 0.717) is 48.3 Å². The molecule has 7 nitrogen and oxygen atoms in total. The highest BCUT2D eigenvalue weighted by Gasteiger charge is 2.30. The lowest BCUT2D eigenvalue weighted by atomic mass is 10.0. The summed E-state index contributed by atoms with van der Waals surface area (Å²) in [5.41, 5.74) is 2.63. The first-order valence-electron chi connectivity index (χ1n) is 10.3. The summed E-state index contributed by atoms with van der Waals surface area (Å²) >= 11 is 3.77. The van der Waals surface area contributed by atoms with Gasteiger partial charge in [-0.2, -0.15) is 0 Å². The Morgan fingerprint density at radius 3 is 2.61 bits per heavy atom. The van der Waals surface area contributed by atoms with Crippen molar-refractivity contribution in [1.29, 1.82) is 0 Å². The summed E-state index contributed by atoms with van der Waals surface area (Å²) in [6.07, 6.45) is 3.49. The summed E-state index contributed by atoms with van der Waals surface area (Å²) < 4.78 is 21.9. The lowest BCUT2D eigenvalue weighted by Gasteiger charge is -2.12. The van der Waals surface area contributed by atoms with Crippen LogP contribution in [0.5, 0.6) is 5.75 Å². The summed E-state index contributed by atoms with van der Waals surface area (Å²) in [5.74, 6) is 0.239. The minimum Gasteiger partial charge on any atom is -0.506 e. The van der Waals surface area contributed by atoms with Gasteiger partial charge in [-0.05, 0) is 41.4 Å². The zero-order valence-corrected chi connectivity index (χ0v) is 20.7. The fourth-order valence-electron chi connectivity index (χ4n) is 4.00. The number of hydrogen-bond donors (Lipinski definition) is 1. The maximum atomic E-state index is 13.3. The molecule has 0 unspecified atom stereocenters. The number of ether oxygens (including phenoxy) is 1. The Kier molecular flexibility index (Phi) is 6.53. The molecule has 0 aliphatic heterocycles. The molecule has 4 aromatic rings. The molecule has 0 spiro atoms. The van der Waals surface area contributed by atoms with Crippen molar-refractivity contribution in [1.82, 2.24) is 14.1 Å². The van der Waals surface area contributed by atoms with Crippen LogP contribution in [0.25, 0.3) is 10.9 Å². The van der Waals surface area contributed by atoms with E-state index in [-0.39, 0.29) is 24.5 Å². The number of imidazole rings is 1. The number of halogens is 1. The highest BCUT2D eigenvalue weighted by Crippen LogP contribution is 2.40. The van der Waals surface area contributed by atoms with Crippen LogP contribution in [-0.2, 0) is 29.6 Å². The molecule has 1 N–H and O–H groups in total. The van der Waals surface area contributed by atoms with Gasteiger partial charge >= 0.3 is 5.97 Å². The van der Waals surface area contributed by atoms with E-state index in [9.17, 15) is 14.1 Å². The quantitative estimate of drug-likeness (QED) is 0.231. The minimum atomic E-state index is -0.550. The third-order valence-electron chi connectivity index (χ3n) is 5.58. The van der Waals surface area contributed by atoms with Crippen LogP contribution in [0.4, 0.5) is 0 Å². The minimum absolute atomic E-state index is 0.0225. The van der Waals surface area contributed by atoms with Crippen molar-refractivity contribution in [2.24, 2.45) is 7.05 Å². The highest BCUT2D eigenvalue weighted by atomic mass is 79.9. The Balaban J connectivity index is 2.11. The van der Waals surface area contributed by atoms with E-state index < -0.39 is 5.97 Å². The summed E-state index contributed by atoms with van der Waals surface area (Å²) in [6, 6.07) is 11.0. The van der Waals surface area contributed by atoms with Crippen molar-refractivity contribution >= 4 is 48.9 Å². The maximum absolute atomic E-state index is 13.3. The predicted molar refractivity (Wildman–Crippen MR) is 132 cm³/mol. The first kappa shape index (κ1) is 23.0. The van der Waals surface area contributed by atoms with Crippen molar-refractivity contribution in [3.63, 3.8) is 0 Å². The van der Waals surface area contributed by atoms with Gasteiger partial charge in [0.1, 0.15) is 11.6 Å². The number of esters is 1. The van der Waals surface area contributed by atoms with Gasteiger partial charge in [-0.25, -0.2) is 14.0 Å². The molecule has 0 amide bonds. The van der Waals surface area contributed by atoms with Gasteiger partial charge in [0.25, 0.3) is 0 Å². The van der Waals surface area contributed by atoms with E-state index in [1.54, 1.807) is 26.2 Å². The molecule has 2 aromatic heterocycles. The van der Waals surface area contributed by atoms with Gasteiger partial charge in [-0.3, -0.25) is 0 Å². The number of nitrogens with zero attached hydrogens (tertiary/aromatic N) is 3. The molecule has 0 saturated carbocycles. The summed E-state index contributed by atoms with van der Waals surface area (Å²) in [4.78, 5) is 18.0. The summed E-state index contributed by atoms with van der Waals surface area (Å²) in [6.45, 7) is 4.06. The van der Waals surface area contributed by atoms with Gasteiger partial charge in [0.15, 0.2) is 0 Å². The monoisotopic (exact) mass is 527 g/mol. The van der Waals surface area contributed by atoms with Crippen LogP contribution in [0.3, 0.4) is 0 Å². The van der Waals surface area contributed by atoms with Gasteiger partial charge in [0.05, 0.1) is 50.5 Å². The van der Waals surface area contributed by atoms with Crippen molar-refractivity contribution in [2.45, 2.75) is 20.4 Å². The standard InChI is InChI=1S/C24H22BrN3O4S/c1-4-32-24(30)20-19-16(13-28-11-10-26-14(28)2)22(29)17(25)12-18(19)27(3)21(20)23(33-31)15-8-6-5-7-9-15/h5-12,29H,4,13H2,1-3H3. The molecule has 2 heterocycles. The second-order valence-corrected chi connectivity index (χ2v) is 8.89. The lowest BCUT2D eigenvalue weighted by molar-refractivity contribution is 0.0528. The van der Waals surface area contributed by atoms with E-state index in [0.717, 1.165) is 5.82 Å². The average molecular weight is 528 g/mol. The number of aromatic hydroxyl groups is 1. The Hall–Kier alpha value is -3.17. The molecule has 170 valence electrons. The molecular formula is C24H22BrN3O4S. The first-order chi connectivity index (χ1) is 15.9. The number of rotatable bonds is 6. The van der Waals surface area contributed by atoms with Crippen molar-refractivity contribution < 1.29 is 18.8 Å². The molecule has 0 fully saturated rings. The maximum Gasteiger partial charge on any atom is 0.341 e. The van der Waals surface area contributed by atoms with Crippen LogP contribution in [0.15, 0.2) is 53.3 Å². The zero-order valence-electron chi connectivity index (χ0n) is 18.3. The van der Waals surface area contributed by atoms with Gasteiger partial charge in [-0.1, -0.05) is 30.3 Å². The molecule has 0 saturated heterocycles. The predicted octanol–water partition coefficient (Wildman–Crippen LogP) is 4.16. The smallest absolute Gasteiger partial charge is 0.341 e. The van der Waals surface area contributed by atoms with E-state index in [1.807, 2.05) is 52.6 Å². The lowest BCUT2D eigenvalue weighted by Crippen LogP contribution is -2.15. The molecule has 0 bridgehead atoms. The number of hydrogen-bond acceptors (Lipinski definition) is 5. The van der Waals surface area contributed by atoms with Gasteiger partial charge in [0.2, 0.25) is 0 Å². The van der Waals surface area contributed by atoms with Gasteiger partial charge < -0.3 is 19.0 Å². The normalized spacial score (nSPS) is 11.0. The SMILES string of the molecule is CCOC(=O)c1c(C(=S=O)c2ccccc2)n(C)c2cc(Br)c(O)c(Cn3ccnc3C)c12. The molecule has 0 radical (unpaired) electrons. The van der Waals surface area contributed by atoms with Crippen LogP contribution in [0.2, 0.25) is 0 Å². The average Bonchev–Trinajstić information content (AvgIpc) is 3.34. The van der Waals surface area contributed by atoms with Crippen molar-refractivity contribution in [2.75, 3.05) is 6.61 Å². The second kappa shape index (κ2) is 9.36. The Morgan fingerprint density at radius 2 is 2.00 bits per heavy atom. The van der Waals surface area contributed by atoms with Gasteiger partial charge in [-0.15, -0.1) is 0 Å². The summed E-state index contributed by atoms with van der Waals surface area (Å²) in [5, 5.41) is 11.6. The zero-order chi connectivity index (χ0) is 23.7. The number of benzene rings is 2. The molecule has 0 atom stereocenters. The highest BCUT2D eigenvalue weighted by molar-refractivity contribution is 9.10. The van der Waals surface area contributed by atoms with Crippen LogP contribution in [0, 0.1) is 6.92 Å². The second-order valence-electron chi connectivity index (χ2n) is 7.46. The van der Waals surface area contributed by atoms with E-state index in [2.05, 4.69) is 20.9 Å². The number of carbonyl (C=O) groups excluding carboxylic acids is 1. The molecule has 0 aliphatic carbocycles. The Morgan fingerprint density at radius 1 is 1.27 bits per heavy atom. The largest absolute Gasteiger partial charge is 0.506 e. The number of phenols is 1. The molecule has 0 aliphatic rings. The van der Waals surface area contributed by atoms with Crippen molar-refractivity contribution in [3.05, 3.63) is 81.5 Å². The Labute approximate surface area is 202 Å². The number of phenolic OH excluding ortho intramolecular Hbond substituents is 1. The van der Waals surface area contributed by atoms with E-state index in [4.69, 9.17) is 4.74 Å². The third-order valence-corrected chi connectivity index (χ3v) is 6.78. The first-order valence-corrected chi connectivity index (χ1v) is 11.8. The summed E-state index contributed by atoms with van der Waals surface area (Å²) in [7, 11) is 1.80. The Bertz CT molecular complexity index is 1420.